The van der Waals surface area contributed by atoms with E-state index in [-0.39, 0.29) is 0 Å². The molecule has 8 heteroatoms. The highest BCUT2D eigenvalue weighted by atomic mass is 35.5. The second-order valence-corrected chi connectivity index (χ2v) is 9.62. The lowest BCUT2D eigenvalue weighted by molar-refractivity contribution is -0.119. The SMILES string of the molecule is CS(=O)(=O)N(CC(=O)N/N=C/c1c2ccccc2cc2ccccc12)c1cccc(Cl)c1. The number of anilines is 1. The van der Waals surface area contributed by atoms with Crippen LogP contribution in [0.25, 0.3) is 21.5 Å². The fourth-order valence-corrected chi connectivity index (χ4v) is 4.59. The Balaban J connectivity index is 1.60. The predicted octanol–water partition coefficient (Wildman–Crippen LogP) is 4.56. The first-order chi connectivity index (χ1) is 15.3. The van der Waals surface area contributed by atoms with Crippen molar-refractivity contribution < 1.29 is 13.2 Å². The normalized spacial score (nSPS) is 11.8. The minimum Gasteiger partial charge on any atom is -0.271 e. The van der Waals surface area contributed by atoms with E-state index in [0.29, 0.717) is 10.7 Å². The van der Waals surface area contributed by atoms with Crippen LogP contribution in [0.3, 0.4) is 0 Å². The Morgan fingerprint density at radius 1 is 0.969 bits per heavy atom. The summed E-state index contributed by atoms with van der Waals surface area (Å²) in [7, 11) is -3.70. The number of nitrogens with zero attached hydrogens (tertiary/aromatic N) is 2. The Hall–Kier alpha value is -3.42. The Bertz CT molecular complexity index is 1400. The average Bonchev–Trinajstić information content (AvgIpc) is 2.76. The van der Waals surface area contributed by atoms with E-state index < -0.39 is 22.5 Å². The van der Waals surface area contributed by atoms with Crippen molar-refractivity contribution >= 4 is 61.0 Å². The molecule has 4 rings (SSSR count). The van der Waals surface area contributed by atoms with Crippen LogP contribution in [0.15, 0.2) is 84.0 Å². The molecule has 0 unspecified atom stereocenters. The van der Waals surface area contributed by atoms with Gasteiger partial charge in [0.05, 0.1) is 18.2 Å². The molecule has 32 heavy (non-hydrogen) atoms. The van der Waals surface area contributed by atoms with Crippen molar-refractivity contribution in [2.75, 3.05) is 17.1 Å². The molecule has 4 aromatic rings. The number of amides is 1. The van der Waals surface area contributed by atoms with Crippen LogP contribution >= 0.6 is 11.6 Å². The highest BCUT2D eigenvalue weighted by Gasteiger charge is 2.21. The van der Waals surface area contributed by atoms with Gasteiger partial charge in [-0.15, -0.1) is 0 Å². The lowest BCUT2D eigenvalue weighted by Gasteiger charge is -2.21. The number of hydrogen-bond acceptors (Lipinski definition) is 4. The molecule has 0 heterocycles. The highest BCUT2D eigenvalue weighted by Crippen LogP contribution is 2.27. The fraction of sp³-hybridized carbons (Fsp3) is 0.0833. The first-order valence-corrected chi connectivity index (χ1v) is 12.0. The van der Waals surface area contributed by atoms with Crippen LogP contribution in [-0.2, 0) is 14.8 Å². The molecule has 0 spiro atoms. The highest BCUT2D eigenvalue weighted by molar-refractivity contribution is 7.92. The van der Waals surface area contributed by atoms with Crippen LogP contribution in [0.1, 0.15) is 5.56 Å². The van der Waals surface area contributed by atoms with Gasteiger partial charge >= 0.3 is 0 Å². The zero-order valence-corrected chi connectivity index (χ0v) is 18.8. The van der Waals surface area contributed by atoms with E-state index in [1.807, 2.05) is 48.5 Å². The van der Waals surface area contributed by atoms with Gasteiger partial charge in [-0.2, -0.15) is 5.10 Å². The van der Waals surface area contributed by atoms with E-state index in [0.717, 1.165) is 37.7 Å². The third-order valence-corrected chi connectivity index (χ3v) is 6.36. The van der Waals surface area contributed by atoms with E-state index in [1.54, 1.807) is 24.4 Å². The molecule has 0 saturated carbocycles. The molecule has 6 nitrogen and oxygen atoms in total. The van der Waals surface area contributed by atoms with Gasteiger partial charge in [0, 0.05) is 10.6 Å². The molecule has 1 amide bonds. The molecule has 0 aliphatic heterocycles. The molecule has 162 valence electrons. The van der Waals surface area contributed by atoms with Crippen LogP contribution in [0.2, 0.25) is 5.02 Å². The first kappa shape index (κ1) is 21.8. The zero-order chi connectivity index (χ0) is 22.7. The summed E-state index contributed by atoms with van der Waals surface area (Å²) in [5.74, 6) is -0.573. The lowest BCUT2D eigenvalue weighted by Crippen LogP contribution is -2.39. The first-order valence-electron chi connectivity index (χ1n) is 9.78. The third kappa shape index (κ3) is 4.74. The van der Waals surface area contributed by atoms with Gasteiger partial charge in [0.25, 0.3) is 5.91 Å². The summed E-state index contributed by atoms with van der Waals surface area (Å²) < 4.78 is 25.4. The van der Waals surface area contributed by atoms with E-state index in [9.17, 15) is 13.2 Å². The summed E-state index contributed by atoms with van der Waals surface area (Å²) in [5.41, 5.74) is 3.61. The molecular formula is C24H20ClN3O3S. The van der Waals surface area contributed by atoms with Crippen LogP contribution in [0.4, 0.5) is 5.69 Å². The molecule has 0 saturated heterocycles. The molecule has 0 aliphatic carbocycles. The number of rotatable bonds is 6. The summed E-state index contributed by atoms with van der Waals surface area (Å²) in [6.45, 7) is -0.424. The number of benzene rings is 4. The van der Waals surface area contributed by atoms with Gasteiger partial charge in [0.2, 0.25) is 10.0 Å². The lowest BCUT2D eigenvalue weighted by atomic mass is 9.97. The number of sulfonamides is 1. The number of hydrazone groups is 1. The van der Waals surface area contributed by atoms with Crippen LogP contribution in [0, 0.1) is 0 Å². The number of carbonyl (C=O) groups excluding carboxylic acids is 1. The number of carbonyl (C=O) groups is 1. The fourth-order valence-electron chi connectivity index (χ4n) is 3.55. The van der Waals surface area contributed by atoms with Crippen molar-refractivity contribution in [2.45, 2.75) is 0 Å². The third-order valence-electron chi connectivity index (χ3n) is 4.98. The largest absolute Gasteiger partial charge is 0.271 e. The summed E-state index contributed by atoms with van der Waals surface area (Å²) >= 11 is 5.98. The van der Waals surface area contributed by atoms with Gasteiger partial charge in [0.1, 0.15) is 6.54 Å². The second kappa shape index (κ2) is 8.98. The Labute approximate surface area is 191 Å². The minimum absolute atomic E-state index is 0.305. The Morgan fingerprint density at radius 2 is 1.59 bits per heavy atom. The van der Waals surface area contributed by atoms with Crippen molar-refractivity contribution in [2.24, 2.45) is 5.10 Å². The molecule has 4 aromatic carbocycles. The van der Waals surface area contributed by atoms with Gasteiger partial charge in [0.15, 0.2) is 0 Å². The van der Waals surface area contributed by atoms with Gasteiger partial charge in [-0.25, -0.2) is 13.8 Å². The van der Waals surface area contributed by atoms with E-state index in [2.05, 4.69) is 16.6 Å². The standard InChI is InChI=1S/C24H20ClN3O3S/c1-32(30,31)28(20-10-6-9-19(25)14-20)16-24(29)27-26-15-23-21-11-4-2-7-17(21)13-18-8-3-5-12-22(18)23/h2-15H,16H2,1H3,(H,27,29)/b26-15+. The van der Waals surface area contributed by atoms with Crippen molar-refractivity contribution in [1.29, 1.82) is 0 Å². The Morgan fingerprint density at radius 3 is 2.19 bits per heavy atom. The quantitative estimate of drug-likeness (QED) is 0.257. The zero-order valence-electron chi connectivity index (χ0n) is 17.2. The predicted molar refractivity (Wildman–Crippen MR) is 131 cm³/mol. The summed E-state index contributed by atoms with van der Waals surface area (Å²) in [5, 5.41) is 8.61. The summed E-state index contributed by atoms with van der Waals surface area (Å²) in [6, 6.07) is 24.3. The second-order valence-electron chi connectivity index (χ2n) is 7.28. The minimum atomic E-state index is -3.70. The van der Waals surface area contributed by atoms with Gasteiger partial charge in [-0.3, -0.25) is 9.10 Å². The molecule has 0 bridgehead atoms. The van der Waals surface area contributed by atoms with Gasteiger partial charge < -0.3 is 0 Å². The van der Waals surface area contributed by atoms with Crippen LogP contribution in [0.5, 0.6) is 0 Å². The molecule has 0 aromatic heterocycles. The molecule has 0 aliphatic rings. The Kier molecular flexibility index (Phi) is 6.12. The molecule has 0 atom stereocenters. The van der Waals surface area contributed by atoms with Crippen molar-refractivity contribution in [1.82, 2.24) is 5.43 Å². The van der Waals surface area contributed by atoms with Gasteiger partial charge in [-0.1, -0.05) is 66.2 Å². The molecule has 1 N–H and O–H groups in total. The van der Waals surface area contributed by atoms with Crippen molar-refractivity contribution in [3.05, 3.63) is 89.4 Å². The average molecular weight is 466 g/mol. The van der Waals surface area contributed by atoms with E-state index in [1.165, 1.54) is 6.07 Å². The molecule has 0 radical (unpaired) electrons. The van der Waals surface area contributed by atoms with E-state index >= 15 is 0 Å². The summed E-state index contributed by atoms with van der Waals surface area (Å²) in [6.07, 6.45) is 2.62. The van der Waals surface area contributed by atoms with Crippen LogP contribution in [-0.4, -0.2) is 33.3 Å². The van der Waals surface area contributed by atoms with Gasteiger partial charge in [-0.05, 0) is 45.8 Å². The number of fused-ring (bicyclic) bond motifs is 2. The summed E-state index contributed by atoms with van der Waals surface area (Å²) in [4.78, 5) is 12.5. The maximum atomic E-state index is 12.5. The topological polar surface area (TPSA) is 78.8 Å². The number of nitrogens with one attached hydrogen (secondary N) is 1. The maximum Gasteiger partial charge on any atom is 0.260 e. The number of halogens is 1. The maximum absolute atomic E-state index is 12.5. The monoisotopic (exact) mass is 465 g/mol. The van der Waals surface area contributed by atoms with Crippen molar-refractivity contribution in [3.63, 3.8) is 0 Å². The molecular weight excluding hydrogens is 446 g/mol. The van der Waals surface area contributed by atoms with Crippen LogP contribution < -0.4 is 9.73 Å². The van der Waals surface area contributed by atoms with E-state index in [4.69, 9.17) is 11.6 Å². The molecule has 0 fully saturated rings. The van der Waals surface area contributed by atoms with Crippen molar-refractivity contribution in [3.8, 4) is 0 Å². The smallest absolute Gasteiger partial charge is 0.260 e. The number of hydrogen-bond donors (Lipinski definition) is 1.